The van der Waals surface area contributed by atoms with E-state index in [1.165, 1.54) is 51.4 Å². The number of unbranched alkanes of at least 4 members (excludes halogenated alkanes) is 2. The number of rotatable bonds is 24. The first-order valence-electron chi connectivity index (χ1n) is 12.2. The minimum atomic E-state index is 0.601. The Morgan fingerprint density at radius 3 is 1.03 bits per heavy atom. The van der Waals surface area contributed by atoms with Gasteiger partial charge in [0.05, 0.1) is 52.9 Å². The molecule has 0 bridgehead atoms. The Bertz CT molecular complexity index is 273. The third-order valence-electron chi connectivity index (χ3n) is 5.28. The Balaban J connectivity index is 3.24. The Morgan fingerprint density at radius 1 is 0.448 bits per heavy atom. The summed E-state index contributed by atoms with van der Waals surface area (Å²) in [5.41, 5.74) is 0. The van der Waals surface area contributed by atoms with Gasteiger partial charge in [0.25, 0.3) is 0 Å². The molecule has 5 heteroatoms. The molecule has 0 spiro atoms. The Hall–Kier alpha value is -0.200. The number of hydrogen-bond acceptors (Lipinski definition) is 5. The molecule has 0 aromatic heterocycles. The van der Waals surface area contributed by atoms with Gasteiger partial charge in [-0.2, -0.15) is 0 Å². The minimum Gasteiger partial charge on any atom is -0.379 e. The maximum Gasteiger partial charge on any atom is 0.0701 e. The average molecular weight is 419 g/mol. The summed E-state index contributed by atoms with van der Waals surface area (Å²) in [5.74, 6) is 1.38. The molecule has 0 aromatic rings. The fraction of sp³-hybridized carbons (Fsp3) is 1.00. The summed E-state index contributed by atoms with van der Waals surface area (Å²) in [5, 5.41) is 0. The van der Waals surface area contributed by atoms with Gasteiger partial charge in [0, 0.05) is 13.2 Å². The van der Waals surface area contributed by atoms with Crippen molar-refractivity contribution in [3.8, 4) is 0 Å². The van der Waals surface area contributed by atoms with Crippen LogP contribution in [0.25, 0.3) is 0 Å². The first kappa shape index (κ1) is 28.8. The van der Waals surface area contributed by atoms with E-state index in [0.717, 1.165) is 13.2 Å². The normalized spacial score (nSPS) is 13.7. The minimum absolute atomic E-state index is 0.601. The van der Waals surface area contributed by atoms with Gasteiger partial charge < -0.3 is 23.7 Å². The molecule has 0 aliphatic rings. The summed E-state index contributed by atoms with van der Waals surface area (Å²) in [6, 6.07) is 0. The zero-order valence-corrected chi connectivity index (χ0v) is 19.9. The van der Waals surface area contributed by atoms with Gasteiger partial charge in [-0.05, 0) is 24.7 Å². The molecule has 0 saturated carbocycles. The van der Waals surface area contributed by atoms with Crippen LogP contribution >= 0.6 is 0 Å². The van der Waals surface area contributed by atoms with E-state index in [2.05, 4.69) is 27.7 Å². The molecule has 0 N–H and O–H groups in total. The Kier molecular flexibility index (Phi) is 23.9. The highest BCUT2D eigenvalue weighted by molar-refractivity contribution is 4.56. The van der Waals surface area contributed by atoms with Gasteiger partial charge in [-0.3, -0.25) is 0 Å². The fourth-order valence-corrected chi connectivity index (χ4v) is 3.07. The third kappa shape index (κ3) is 20.8. The molecule has 0 aromatic carbocycles. The van der Waals surface area contributed by atoms with E-state index >= 15 is 0 Å². The number of hydrogen-bond donors (Lipinski definition) is 0. The lowest BCUT2D eigenvalue weighted by Crippen LogP contribution is -2.15. The van der Waals surface area contributed by atoms with Crippen molar-refractivity contribution in [3.05, 3.63) is 0 Å². The van der Waals surface area contributed by atoms with Crippen LogP contribution in [0.3, 0.4) is 0 Å². The van der Waals surface area contributed by atoms with Crippen LogP contribution in [0.5, 0.6) is 0 Å². The zero-order chi connectivity index (χ0) is 21.4. The van der Waals surface area contributed by atoms with Crippen molar-refractivity contribution in [2.75, 3.05) is 66.1 Å². The van der Waals surface area contributed by atoms with Crippen molar-refractivity contribution in [3.63, 3.8) is 0 Å². The molecule has 5 nitrogen and oxygen atoms in total. The predicted molar refractivity (Wildman–Crippen MR) is 121 cm³/mol. The van der Waals surface area contributed by atoms with E-state index in [0.29, 0.717) is 64.7 Å². The lowest BCUT2D eigenvalue weighted by atomic mass is 10.0. The van der Waals surface area contributed by atoms with E-state index < -0.39 is 0 Å². The van der Waals surface area contributed by atoms with Gasteiger partial charge >= 0.3 is 0 Å². The number of ether oxygens (including phenoxy) is 5. The molecule has 2 atom stereocenters. The van der Waals surface area contributed by atoms with Gasteiger partial charge in [0.15, 0.2) is 0 Å². The molecule has 0 rings (SSSR count). The van der Waals surface area contributed by atoms with Crippen LogP contribution in [0.4, 0.5) is 0 Å². The van der Waals surface area contributed by atoms with Crippen LogP contribution in [0.15, 0.2) is 0 Å². The van der Waals surface area contributed by atoms with Crippen molar-refractivity contribution in [2.45, 2.75) is 79.1 Å². The monoisotopic (exact) mass is 418 g/mol. The predicted octanol–water partition coefficient (Wildman–Crippen LogP) is 5.50. The topological polar surface area (TPSA) is 46.2 Å². The Labute approximate surface area is 181 Å². The average Bonchev–Trinajstić information content (AvgIpc) is 2.75. The summed E-state index contributed by atoms with van der Waals surface area (Å²) in [6.07, 6.45) is 10.0. The molecular weight excluding hydrogens is 368 g/mol. The molecule has 2 unspecified atom stereocenters. The quantitative estimate of drug-likeness (QED) is 0.194. The molecular formula is C24H50O5. The molecule has 0 heterocycles. The molecule has 0 aliphatic carbocycles. The van der Waals surface area contributed by atoms with Crippen molar-refractivity contribution in [1.82, 2.24) is 0 Å². The first-order chi connectivity index (χ1) is 14.3. The van der Waals surface area contributed by atoms with Crippen LogP contribution in [0, 0.1) is 11.8 Å². The SMILES string of the molecule is CCCCC(CC)COCCOCCOCCOCCOCC(CC)CCCC. The van der Waals surface area contributed by atoms with E-state index in [1.807, 2.05) is 0 Å². The van der Waals surface area contributed by atoms with Crippen LogP contribution in [-0.2, 0) is 23.7 Å². The second-order valence-electron chi connectivity index (χ2n) is 7.82. The van der Waals surface area contributed by atoms with Crippen LogP contribution in [0.1, 0.15) is 79.1 Å². The zero-order valence-electron chi connectivity index (χ0n) is 19.9. The molecule has 176 valence electrons. The van der Waals surface area contributed by atoms with Crippen molar-refractivity contribution >= 4 is 0 Å². The van der Waals surface area contributed by atoms with Crippen molar-refractivity contribution < 1.29 is 23.7 Å². The molecule has 0 aliphatic heterocycles. The second kappa shape index (κ2) is 24.1. The van der Waals surface area contributed by atoms with E-state index in [9.17, 15) is 0 Å². The van der Waals surface area contributed by atoms with Crippen molar-refractivity contribution in [1.29, 1.82) is 0 Å². The molecule has 29 heavy (non-hydrogen) atoms. The highest BCUT2D eigenvalue weighted by Crippen LogP contribution is 2.13. The van der Waals surface area contributed by atoms with Gasteiger partial charge in [-0.25, -0.2) is 0 Å². The largest absolute Gasteiger partial charge is 0.379 e. The molecule has 0 fully saturated rings. The maximum absolute atomic E-state index is 5.72. The summed E-state index contributed by atoms with van der Waals surface area (Å²) >= 11 is 0. The highest BCUT2D eigenvalue weighted by atomic mass is 16.6. The first-order valence-corrected chi connectivity index (χ1v) is 12.2. The summed E-state index contributed by atoms with van der Waals surface area (Å²) < 4.78 is 28.0. The summed E-state index contributed by atoms with van der Waals surface area (Å²) in [7, 11) is 0. The fourth-order valence-electron chi connectivity index (χ4n) is 3.07. The van der Waals surface area contributed by atoms with E-state index in [-0.39, 0.29) is 0 Å². The molecule has 0 radical (unpaired) electrons. The van der Waals surface area contributed by atoms with E-state index in [4.69, 9.17) is 23.7 Å². The van der Waals surface area contributed by atoms with Gasteiger partial charge in [0.1, 0.15) is 0 Å². The molecule has 0 saturated heterocycles. The van der Waals surface area contributed by atoms with Gasteiger partial charge in [-0.1, -0.05) is 66.2 Å². The van der Waals surface area contributed by atoms with Gasteiger partial charge in [-0.15, -0.1) is 0 Å². The summed E-state index contributed by atoms with van der Waals surface area (Å²) in [4.78, 5) is 0. The lowest BCUT2D eigenvalue weighted by molar-refractivity contribution is -0.0164. The van der Waals surface area contributed by atoms with Crippen molar-refractivity contribution in [2.24, 2.45) is 11.8 Å². The highest BCUT2D eigenvalue weighted by Gasteiger charge is 2.06. The van der Waals surface area contributed by atoms with Crippen LogP contribution < -0.4 is 0 Å². The standard InChI is InChI=1S/C24H50O5/c1-5-9-11-23(7-3)21-28-19-17-26-15-13-25-14-16-27-18-20-29-22-24(8-4)12-10-6-2/h23-24H,5-22H2,1-4H3. The van der Waals surface area contributed by atoms with Gasteiger partial charge in [0.2, 0.25) is 0 Å². The van der Waals surface area contributed by atoms with Crippen LogP contribution in [0.2, 0.25) is 0 Å². The lowest BCUT2D eigenvalue weighted by Gasteiger charge is -2.15. The summed E-state index contributed by atoms with van der Waals surface area (Å²) in [6.45, 7) is 15.7. The second-order valence-corrected chi connectivity index (χ2v) is 7.82. The Morgan fingerprint density at radius 2 is 0.759 bits per heavy atom. The van der Waals surface area contributed by atoms with E-state index in [1.54, 1.807) is 0 Å². The molecule has 0 amide bonds. The van der Waals surface area contributed by atoms with Crippen LogP contribution in [-0.4, -0.2) is 66.1 Å². The smallest absolute Gasteiger partial charge is 0.0701 e. The third-order valence-corrected chi connectivity index (χ3v) is 5.28. The maximum atomic E-state index is 5.72.